The zero-order valence-electron chi connectivity index (χ0n) is 11.4. The molecule has 96 valence electrons. The van der Waals surface area contributed by atoms with E-state index in [1.807, 2.05) is 30.3 Å². The highest BCUT2D eigenvalue weighted by atomic mass is 16.5. The number of benzene rings is 1. The molecule has 1 aromatic rings. The van der Waals surface area contributed by atoms with E-state index in [0.717, 1.165) is 25.3 Å². The molecule has 1 rings (SSSR count). The second-order valence-corrected chi connectivity index (χ2v) is 4.25. The van der Waals surface area contributed by atoms with Gasteiger partial charge in [-0.15, -0.1) is 0 Å². The lowest BCUT2D eigenvalue weighted by Crippen LogP contribution is -2.39. The van der Waals surface area contributed by atoms with Gasteiger partial charge in [0, 0.05) is 0 Å². The number of hydrogen-bond acceptors (Lipinski definition) is 2. The maximum Gasteiger partial charge on any atom is 0.152 e. The van der Waals surface area contributed by atoms with Gasteiger partial charge in [0.15, 0.2) is 6.23 Å². The summed E-state index contributed by atoms with van der Waals surface area (Å²) in [7, 11) is 0. The van der Waals surface area contributed by atoms with E-state index in [4.69, 9.17) is 4.74 Å². The van der Waals surface area contributed by atoms with E-state index in [1.165, 1.54) is 12.8 Å². The molecule has 0 heterocycles. The average Bonchev–Trinajstić information content (AvgIpc) is 2.38. The van der Waals surface area contributed by atoms with Crippen molar-refractivity contribution in [2.45, 2.75) is 46.3 Å². The Bertz CT molecular complexity index is 282. The molecule has 0 saturated heterocycles. The van der Waals surface area contributed by atoms with Crippen LogP contribution in [0.4, 0.5) is 0 Å². The predicted octanol–water partition coefficient (Wildman–Crippen LogP) is 3.92. The molecule has 0 aliphatic heterocycles. The topological polar surface area (TPSA) is 12.5 Å². The second-order valence-electron chi connectivity index (χ2n) is 4.25. The van der Waals surface area contributed by atoms with Crippen LogP contribution in [-0.2, 0) is 0 Å². The van der Waals surface area contributed by atoms with Crippen LogP contribution in [-0.4, -0.2) is 24.2 Å². The molecule has 2 heteroatoms. The predicted molar refractivity (Wildman–Crippen MR) is 73.3 cm³/mol. The van der Waals surface area contributed by atoms with Crippen LogP contribution >= 0.6 is 0 Å². The summed E-state index contributed by atoms with van der Waals surface area (Å²) in [5, 5.41) is 0. The molecular formula is C15H25NO. The molecule has 17 heavy (non-hydrogen) atoms. The summed E-state index contributed by atoms with van der Waals surface area (Å²) in [6, 6.07) is 10.1. The van der Waals surface area contributed by atoms with Gasteiger partial charge in [-0.3, -0.25) is 4.90 Å². The van der Waals surface area contributed by atoms with Crippen molar-refractivity contribution in [3.05, 3.63) is 30.3 Å². The van der Waals surface area contributed by atoms with Gasteiger partial charge >= 0.3 is 0 Å². The Morgan fingerprint density at radius 1 is 1.06 bits per heavy atom. The van der Waals surface area contributed by atoms with Crippen LogP contribution in [0.15, 0.2) is 30.3 Å². The highest BCUT2D eigenvalue weighted by molar-refractivity contribution is 5.21. The Morgan fingerprint density at radius 2 is 1.71 bits per heavy atom. The monoisotopic (exact) mass is 235 g/mol. The maximum atomic E-state index is 6.09. The molecule has 0 aliphatic carbocycles. The number of unbranched alkanes of at least 4 members (excludes halogenated alkanes) is 1. The van der Waals surface area contributed by atoms with Crippen molar-refractivity contribution in [1.82, 2.24) is 4.90 Å². The zero-order valence-corrected chi connectivity index (χ0v) is 11.4. The fraction of sp³-hybridized carbons (Fsp3) is 0.600. The fourth-order valence-corrected chi connectivity index (χ4v) is 1.98. The number of nitrogens with zero attached hydrogens (tertiary/aromatic N) is 1. The van der Waals surface area contributed by atoms with Gasteiger partial charge in [-0.05, 0) is 38.1 Å². The van der Waals surface area contributed by atoms with Crippen molar-refractivity contribution in [3.63, 3.8) is 0 Å². The fourth-order valence-electron chi connectivity index (χ4n) is 1.98. The smallest absolute Gasteiger partial charge is 0.152 e. The maximum absolute atomic E-state index is 6.09. The van der Waals surface area contributed by atoms with Crippen LogP contribution in [0, 0.1) is 0 Å². The van der Waals surface area contributed by atoms with Crippen molar-refractivity contribution >= 4 is 0 Å². The number of ether oxygens (including phenoxy) is 1. The molecule has 0 amide bonds. The minimum Gasteiger partial charge on any atom is -0.475 e. The third-order valence-electron chi connectivity index (χ3n) is 3.04. The first-order valence-electron chi connectivity index (χ1n) is 6.77. The average molecular weight is 235 g/mol. The quantitative estimate of drug-likeness (QED) is 0.633. The lowest BCUT2D eigenvalue weighted by Gasteiger charge is -2.30. The minimum atomic E-state index is 0.215. The summed E-state index contributed by atoms with van der Waals surface area (Å²) in [5.41, 5.74) is 0. The molecule has 0 radical (unpaired) electrons. The molecule has 0 N–H and O–H groups in total. The molecule has 0 spiro atoms. The summed E-state index contributed by atoms with van der Waals surface area (Å²) in [4.78, 5) is 2.38. The first-order valence-corrected chi connectivity index (χ1v) is 6.77. The zero-order chi connectivity index (χ0) is 12.5. The van der Waals surface area contributed by atoms with Crippen molar-refractivity contribution in [2.24, 2.45) is 0 Å². The van der Waals surface area contributed by atoms with E-state index in [-0.39, 0.29) is 6.23 Å². The third kappa shape index (κ3) is 4.78. The van der Waals surface area contributed by atoms with Crippen molar-refractivity contribution in [3.8, 4) is 5.75 Å². The summed E-state index contributed by atoms with van der Waals surface area (Å²) < 4.78 is 6.09. The van der Waals surface area contributed by atoms with Gasteiger partial charge in [0.25, 0.3) is 0 Å². The van der Waals surface area contributed by atoms with E-state index >= 15 is 0 Å². The van der Waals surface area contributed by atoms with Crippen LogP contribution < -0.4 is 4.74 Å². The molecule has 1 unspecified atom stereocenters. The van der Waals surface area contributed by atoms with Crippen LogP contribution in [0.25, 0.3) is 0 Å². The largest absolute Gasteiger partial charge is 0.475 e. The summed E-state index contributed by atoms with van der Waals surface area (Å²) in [5.74, 6) is 0.973. The Labute approximate surface area is 106 Å². The van der Waals surface area contributed by atoms with E-state index in [9.17, 15) is 0 Å². The van der Waals surface area contributed by atoms with Gasteiger partial charge in [0.2, 0.25) is 0 Å². The molecule has 0 aromatic heterocycles. The highest BCUT2D eigenvalue weighted by Crippen LogP contribution is 2.16. The Hall–Kier alpha value is -1.02. The standard InChI is InChI=1S/C15H25NO/c1-4-7-13-15(16(5-2)6-3)17-14-11-9-8-10-12-14/h8-12,15H,4-7,13H2,1-3H3. The van der Waals surface area contributed by atoms with Crippen LogP contribution in [0.5, 0.6) is 5.75 Å². The third-order valence-corrected chi connectivity index (χ3v) is 3.04. The Morgan fingerprint density at radius 3 is 2.24 bits per heavy atom. The SMILES string of the molecule is CCCCC(Oc1ccccc1)N(CC)CC. The van der Waals surface area contributed by atoms with Crippen LogP contribution in [0.1, 0.15) is 40.0 Å². The molecule has 0 aliphatic rings. The molecular weight excluding hydrogens is 210 g/mol. The first-order chi connectivity index (χ1) is 8.31. The van der Waals surface area contributed by atoms with Crippen molar-refractivity contribution in [2.75, 3.05) is 13.1 Å². The lowest BCUT2D eigenvalue weighted by atomic mass is 10.2. The molecule has 0 bridgehead atoms. The van der Waals surface area contributed by atoms with Crippen LogP contribution in [0.3, 0.4) is 0 Å². The van der Waals surface area contributed by atoms with Gasteiger partial charge in [0.1, 0.15) is 5.75 Å². The van der Waals surface area contributed by atoms with Gasteiger partial charge in [0.05, 0.1) is 0 Å². The number of rotatable bonds is 8. The van der Waals surface area contributed by atoms with Gasteiger partial charge in [-0.1, -0.05) is 45.4 Å². The minimum absolute atomic E-state index is 0.215. The van der Waals surface area contributed by atoms with Gasteiger partial charge in [-0.2, -0.15) is 0 Å². The second kappa shape index (κ2) is 8.13. The molecule has 1 aromatic carbocycles. The summed E-state index contributed by atoms with van der Waals surface area (Å²) in [6.45, 7) is 8.69. The van der Waals surface area contributed by atoms with E-state index < -0.39 is 0 Å². The van der Waals surface area contributed by atoms with E-state index in [1.54, 1.807) is 0 Å². The first kappa shape index (κ1) is 14.0. The Balaban J connectivity index is 2.62. The highest BCUT2D eigenvalue weighted by Gasteiger charge is 2.16. The van der Waals surface area contributed by atoms with Crippen molar-refractivity contribution in [1.29, 1.82) is 0 Å². The normalized spacial score (nSPS) is 12.7. The number of para-hydroxylation sites is 1. The van der Waals surface area contributed by atoms with Crippen molar-refractivity contribution < 1.29 is 4.74 Å². The van der Waals surface area contributed by atoms with Crippen LogP contribution in [0.2, 0.25) is 0 Å². The summed E-state index contributed by atoms with van der Waals surface area (Å²) >= 11 is 0. The Kier molecular flexibility index (Phi) is 6.71. The van der Waals surface area contributed by atoms with Gasteiger partial charge < -0.3 is 4.74 Å². The van der Waals surface area contributed by atoms with Gasteiger partial charge in [-0.25, -0.2) is 0 Å². The summed E-state index contributed by atoms with van der Waals surface area (Å²) in [6.07, 6.45) is 3.75. The van der Waals surface area contributed by atoms with E-state index in [0.29, 0.717) is 0 Å². The molecule has 1 atom stereocenters. The molecule has 0 fully saturated rings. The molecule has 2 nitrogen and oxygen atoms in total. The van der Waals surface area contributed by atoms with E-state index in [2.05, 4.69) is 25.7 Å². The number of hydrogen-bond donors (Lipinski definition) is 0. The lowest BCUT2D eigenvalue weighted by molar-refractivity contribution is 0.0244. The molecule has 0 saturated carbocycles.